The number of carbonyl (C=O) groups excluding carboxylic acids is 3. The maximum Gasteiger partial charge on any atom is 0.243 e. The summed E-state index contributed by atoms with van der Waals surface area (Å²) in [4.78, 5) is 36.1. The van der Waals surface area contributed by atoms with Gasteiger partial charge in [0.25, 0.3) is 0 Å². The molecule has 7 nitrogen and oxygen atoms in total. The third kappa shape index (κ3) is 6.43. The molecule has 0 spiro atoms. The average Bonchev–Trinajstić information content (AvgIpc) is 2.68. The van der Waals surface area contributed by atoms with Crippen LogP contribution in [0.5, 0.6) is 0 Å². The number of nitrogens with zero attached hydrogens (tertiary/aromatic N) is 1. The molecule has 0 aliphatic carbocycles. The second-order valence-corrected chi connectivity index (χ2v) is 6.52. The molecule has 2 aromatic carbocycles. The molecule has 29 heavy (non-hydrogen) atoms. The van der Waals surface area contributed by atoms with Crippen molar-refractivity contribution in [1.29, 1.82) is 5.26 Å². The largest absolute Gasteiger partial charge is 0.368 e. The van der Waals surface area contributed by atoms with Crippen molar-refractivity contribution in [2.45, 2.75) is 31.8 Å². The number of nitriles is 1. The van der Waals surface area contributed by atoms with E-state index in [2.05, 4.69) is 10.6 Å². The molecule has 2 atom stereocenters. The minimum Gasteiger partial charge on any atom is -0.368 e. The normalized spacial score (nSPS) is 12.3. The highest BCUT2D eigenvalue weighted by Crippen LogP contribution is 2.11. The van der Waals surface area contributed by atoms with Crippen LogP contribution in [0.1, 0.15) is 23.6 Å². The van der Waals surface area contributed by atoms with Gasteiger partial charge < -0.3 is 16.4 Å². The zero-order chi connectivity index (χ0) is 21.4. The predicted octanol–water partition coefficient (Wildman–Crippen LogP) is 0.957. The van der Waals surface area contributed by atoms with Crippen LogP contribution in [-0.4, -0.2) is 29.8 Å². The van der Waals surface area contributed by atoms with Crippen molar-refractivity contribution in [3.05, 3.63) is 71.0 Å². The molecule has 2 aromatic rings. The lowest BCUT2D eigenvalue weighted by Crippen LogP contribution is -2.54. The molecule has 150 valence electrons. The van der Waals surface area contributed by atoms with E-state index in [-0.39, 0.29) is 12.8 Å². The number of rotatable bonds is 8. The molecule has 8 heteroatoms. The van der Waals surface area contributed by atoms with E-state index >= 15 is 0 Å². The molecule has 3 amide bonds. The number of amides is 3. The molecule has 2 rings (SSSR count). The third-order valence-corrected chi connectivity index (χ3v) is 4.27. The van der Waals surface area contributed by atoms with Crippen molar-refractivity contribution in [2.24, 2.45) is 5.73 Å². The summed E-state index contributed by atoms with van der Waals surface area (Å²) >= 11 is 0. The van der Waals surface area contributed by atoms with Gasteiger partial charge in [-0.25, -0.2) is 4.39 Å². The van der Waals surface area contributed by atoms with E-state index in [0.29, 0.717) is 16.7 Å². The number of hydrogen-bond acceptors (Lipinski definition) is 4. The highest BCUT2D eigenvalue weighted by Gasteiger charge is 2.26. The highest BCUT2D eigenvalue weighted by atomic mass is 19.1. The number of primary amides is 1. The lowest BCUT2D eigenvalue weighted by Gasteiger charge is -2.22. The van der Waals surface area contributed by atoms with Crippen LogP contribution >= 0.6 is 0 Å². The molecule has 0 fully saturated rings. The standard InChI is InChI=1S/C21H21FN4O3/c1-13(27)25-19(10-14-6-8-17(22)9-7-14)21(29)26-18(20(24)28)11-15-4-2-3-5-16(15)12-23/h2-9,18-19H,10-11H2,1H3,(H2,24,28)(H,25,27)(H,26,29)/t18-,19-/m0/s1. The van der Waals surface area contributed by atoms with Crippen LogP contribution in [0, 0.1) is 17.1 Å². The molecule has 0 saturated carbocycles. The number of halogens is 1. The maximum absolute atomic E-state index is 13.1. The fourth-order valence-electron chi connectivity index (χ4n) is 2.83. The van der Waals surface area contributed by atoms with E-state index < -0.39 is 35.6 Å². The minimum atomic E-state index is -1.07. The fourth-order valence-corrected chi connectivity index (χ4v) is 2.83. The van der Waals surface area contributed by atoms with Crippen molar-refractivity contribution in [3.63, 3.8) is 0 Å². The average molecular weight is 396 g/mol. The Morgan fingerprint density at radius 1 is 1.03 bits per heavy atom. The van der Waals surface area contributed by atoms with Crippen LogP contribution in [0.25, 0.3) is 0 Å². The molecule has 0 unspecified atom stereocenters. The minimum absolute atomic E-state index is 0.0359. The number of benzene rings is 2. The number of nitrogens with two attached hydrogens (primary N) is 1. The van der Waals surface area contributed by atoms with Crippen molar-refractivity contribution >= 4 is 17.7 Å². The number of carbonyl (C=O) groups is 3. The zero-order valence-corrected chi connectivity index (χ0v) is 15.8. The predicted molar refractivity (Wildman–Crippen MR) is 104 cm³/mol. The molecular formula is C21H21FN4O3. The summed E-state index contributed by atoms with van der Waals surface area (Å²) in [7, 11) is 0. The van der Waals surface area contributed by atoms with Crippen molar-refractivity contribution in [2.75, 3.05) is 0 Å². The Bertz CT molecular complexity index is 938. The van der Waals surface area contributed by atoms with Crippen LogP contribution < -0.4 is 16.4 Å². The Kier molecular flexibility index (Phi) is 7.43. The van der Waals surface area contributed by atoms with Crippen LogP contribution in [0.2, 0.25) is 0 Å². The topological polar surface area (TPSA) is 125 Å². The summed E-state index contributed by atoms with van der Waals surface area (Å²) in [5, 5.41) is 14.3. The third-order valence-electron chi connectivity index (χ3n) is 4.27. The summed E-state index contributed by atoms with van der Waals surface area (Å²) < 4.78 is 13.1. The Labute approximate surface area is 167 Å². The zero-order valence-electron chi connectivity index (χ0n) is 15.8. The van der Waals surface area contributed by atoms with Crippen LogP contribution in [-0.2, 0) is 27.2 Å². The van der Waals surface area contributed by atoms with Crippen LogP contribution in [0.15, 0.2) is 48.5 Å². The smallest absolute Gasteiger partial charge is 0.243 e. The van der Waals surface area contributed by atoms with E-state index in [1.54, 1.807) is 24.3 Å². The van der Waals surface area contributed by atoms with Crippen molar-refractivity contribution in [1.82, 2.24) is 10.6 Å². The molecule has 0 aliphatic rings. The Morgan fingerprint density at radius 3 is 2.28 bits per heavy atom. The van der Waals surface area contributed by atoms with Gasteiger partial charge in [-0.2, -0.15) is 5.26 Å². The molecule has 0 radical (unpaired) electrons. The van der Waals surface area contributed by atoms with E-state index in [1.165, 1.54) is 31.2 Å². The van der Waals surface area contributed by atoms with E-state index in [9.17, 15) is 24.0 Å². The van der Waals surface area contributed by atoms with Gasteiger partial charge in [0, 0.05) is 19.8 Å². The maximum atomic E-state index is 13.1. The molecule has 0 bridgehead atoms. The number of nitrogens with one attached hydrogen (secondary N) is 2. The van der Waals surface area contributed by atoms with Gasteiger partial charge in [-0.05, 0) is 29.3 Å². The Morgan fingerprint density at radius 2 is 1.69 bits per heavy atom. The lowest BCUT2D eigenvalue weighted by atomic mass is 9.99. The second-order valence-electron chi connectivity index (χ2n) is 6.52. The van der Waals surface area contributed by atoms with E-state index in [1.807, 2.05) is 6.07 Å². The van der Waals surface area contributed by atoms with Crippen molar-refractivity contribution < 1.29 is 18.8 Å². The van der Waals surface area contributed by atoms with Gasteiger partial charge in [0.2, 0.25) is 17.7 Å². The highest BCUT2D eigenvalue weighted by molar-refractivity contribution is 5.91. The monoisotopic (exact) mass is 396 g/mol. The quantitative estimate of drug-likeness (QED) is 0.614. The Hall–Kier alpha value is -3.73. The van der Waals surface area contributed by atoms with Crippen LogP contribution in [0.4, 0.5) is 4.39 Å². The number of hydrogen-bond donors (Lipinski definition) is 3. The SMILES string of the molecule is CC(=O)N[C@@H](Cc1ccc(F)cc1)C(=O)N[C@@H](Cc1ccccc1C#N)C(N)=O. The Balaban J connectivity index is 2.17. The van der Waals surface area contributed by atoms with Gasteiger partial charge in [-0.1, -0.05) is 30.3 Å². The molecule has 0 aliphatic heterocycles. The first-order chi connectivity index (χ1) is 13.8. The summed E-state index contributed by atoms with van der Waals surface area (Å²) in [5.41, 5.74) is 7.00. The first-order valence-electron chi connectivity index (χ1n) is 8.89. The van der Waals surface area contributed by atoms with Gasteiger partial charge in [0.1, 0.15) is 17.9 Å². The molecule has 4 N–H and O–H groups in total. The van der Waals surface area contributed by atoms with E-state index in [4.69, 9.17) is 5.73 Å². The summed E-state index contributed by atoms with van der Waals surface area (Å²) in [6.07, 6.45) is 0.139. The summed E-state index contributed by atoms with van der Waals surface area (Å²) in [6.45, 7) is 1.26. The van der Waals surface area contributed by atoms with Gasteiger partial charge in [0.05, 0.1) is 11.6 Å². The van der Waals surface area contributed by atoms with Crippen molar-refractivity contribution in [3.8, 4) is 6.07 Å². The van der Waals surface area contributed by atoms with Gasteiger partial charge in [-0.15, -0.1) is 0 Å². The van der Waals surface area contributed by atoms with Crippen LogP contribution in [0.3, 0.4) is 0 Å². The molecule has 0 heterocycles. The first-order valence-corrected chi connectivity index (χ1v) is 8.89. The molecule has 0 saturated heterocycles. The molecule has 0 aromatic heterocycles. The molecular weight excluding hydrogens is 375 g/mol. The van der Waals surface area contributed by atoms with Gasteiger partial charge in [0.15, 0.2) is 0 Å². The van der Waals surface area contributed by atoms with Gasteiger partial charge in [-0.3, -0.25) is 14.4 Å². The van der Waals surface area contributed by atoms with E-state index in [0.717, 1.165) is 0 Å². The lowest BCUT2D eigenvalue weighted by molar-refractivity contribution is -0.130. The fraction of sp³-hybridized carbons (Fsp3) is 0.238. The second kappa shape index (κ2) is 9.99. The summed E-state index contributed by atoms with van der Waals surface area (Å²) in [6, 6.07) is 12.2. The first kappa shape index (κ1) is 21.6. The summed E-state index contributed by atoms with van der Waals surface area (Å²) in [5.74, 6) is -2.23. The van der Waals surface area contributed by atoms with Gasteiger partial charge >= 0.3 is 0 Å².